The Hall–Kier alpha value is -1.57. The van der Waals surface area contributed by atoms with Crippen LogP contribution in [0.3, 0.4) is 0 Å². The Balaban J connectivity index is 2.59. The number of hydrogen-bond acceptors (Lipinski definition) is 1. The van der Waals surface area contributed by atoms with Crippen molar-refractivity contribution in [3.63, 3.8) is 0 Å². The monoisotopic (exact) mass is 201 g/mol. The average molecular weight is 201 g/mol. The number of ketones is 1. The van der Waals surface area contributed by atoms with Gasteiger partial charge in [-0.25, -0.2) is 0 Å². The second-order valence-corrected chi connectivity index (χ2v) is 3.84. The summed E-state index contributed by atoms with van der Waals surface area (Å²) in [5, 5.41) is 1.20. The molecule has 1 aromatic heterocycles. The van der Waals surface area contributed by atoms with Crippen LogP contribution in [0.4, 0.5) is 0 Å². The molecule has 2 heteroatoms. The quantitative estimate of drug-likeness (QED) is 0.748. The maximum Gasteiger partial charge on any atom is 0.134 e. The van der Waals surface area contributed by atoms with E-state index in [0.29, 0.717) is 6.42 Å². The molecular formula is C13H15NO. The summed E-state index contributed by atoms with van der Waals surface area (Å²) in [5.41, 5.74) is 2.36. The Bertz CT molecular complexity index is 496. The molecule has 2 nitrogen and oxygen atoms in total. The van der Waals surface area contributed by atoms with Gasteiger partial charge in [-0.05, 0) is 25.5 Å². The number of nitrogens with zero attached hydrogens (tertiary/aromatic N) is 1. The predicted molar refractivity (Wildman–Crippen MR) is 62.0 cm³/mol. The number of Topliss-reactive ketones (excluding diaryl/α,β-unsaturated/α-hetero) is 1. The molecule has 2 rings (SSSR count). The van der Waals surface area contributed by atoms with Crippen LogP contribution in [0.25, 0.3) is 10.9 Å². The lowest BCUT2D eigenvalue weighted by Crippen LogP contribution is -1.95. The molecule has 0 atom stereocenters. The Morgan fingerprint density at radius 2 is 2.07 bits per heavy atom. The summed E-state index contributed by atoms with van der Waals surface area (Å²) in [6.07, 6.45) is 2.62. The fraction of sp³-hybridized carbons (Fsp3) is 0.308. The highest BCUT2D eigenvalue weighted by atomic mass is 16.1. The van der Waals surface area contributed by atoms with Gasteiger partial charge in [-0.1, -0.05) is 18.2 Å². The molecule has 78 valence electrons. The third-order valence-electron chi connectivity index (χ3n) is 2.65. The van der Waals surface area contributed by atoms with E-state index < -0.39 is 0 Å². The largest absolute Gasteiger partial charge is 0.347 e. The van der Waals surface area contributed by atoms with E-state index in [9.17, 15) is 4.79 Å². The molecule has 0 saturated carbocycles. The Kier molecular flexibility index (Phi) is 2.58. The Morgan fingerprint density at radius 1 is 1.33 bits per heavy atom. The Morgan fingerprint density at radius 3 is 2.73 bits per heavy atom. The summed E-state index contributed by atoms with van der Waals surface area (Å²) >= 11 is 0. The van der Waals surface area contributed by atoms with Crippen molar-refractivity contribution >= 4 is 16.7 Å². The van der Waals surface area contributed by atoms with Crippen molar-refractivity contribution in [2.45, 2.75) is 26.8 Å². The summed E-state index contributed by atoms with van der Waals surface area (Å²) in [7, 11) is 0. The summed E-state index contributed by atoms with van der Waals surface area (Å²) in [4.78, 5) is 11.1. The van der Waals surface area contributed by atoms with Crippen LogP contribution in [0.2, 0.25) is 0 Å². The zero-order chi connectivity index (χ0) is 10.8. The van der Waals surface area contributed by atoms with E-state index in [1.807, 2.05) is 12.1 Å². The van der Waals surface area contributed by atoms with Gasteiger partial charge in [0.25, 0.3) is 0 Å². The van der Waals surface area contributed by atoms with E-state index in [1.165, 1.54) is 10.9 Å². The number of fused-ring (bicyclic) bond motifs is 1. The lowest BCUT2D eigenvalue weighted by atomic mass is 10.1. The second kappa shape index (κ2) is 3.89. The van der Waals surface area contributed by atoms with Gasteiger partial charge in [0.15, 0.2) is 0 Å². The maximum absolute atomic E-state index is 11.1. The third-order valence-corrected chi connectivity index (χ3v) is 2.65. The van der Waals surface area contributed by atoms with Crippen LogP contribution >= 0.6 is 0 Å². The smallest absolute Gasteiger partial charge is 0.134 e. The number of carbonyl (C=O) groups excluding carboxylic acids is 1. The van der Waals surface area contributed by atoms with Crippen molar-refractivity contribution < 1.29 is 4.79 Å². The number of aryl methyl sites for hydroxylation is 1. The molecule has 15 heavy (non-hydrogen) atoms. The van der Waals surface area contributed by atoms with Crippen LogP contribution in [-0.4, -0.2) is 10.4 Å². The highest BCUT2D eigenvalue weighted by molar-refractivity contribution is 5.89. The summed E-state index contributed by atoms with van der Waals surface area (Å²) in [6.45, 7) is 4.69. The normalized spacial score (nSPS) is 10.8. The molecule has 0 bridgehead atoms. The van der Waals surface area contributed by atoms with Gasteiger partial charge in [-0.3, -0.25) is 4.79 Å². The van der Waals surface area contributed by atoms with Crippen molar-refractivity contribution in [2.75, 3.05) is 0 Å². The zero-order valence-corrected chi connectivity index (χ0v) is 9.16. The molecule has 2 aromatic rings. The predicted octanol–water partition coefficient (Wildman–Crippen LogP) is 2.79. The molecule has 0 amide bonds. The standard InChI is InChI=1S/C13H15NO/c1-3-14-9-11(8-10(2)15)12-6-4-5-7-13(12)14/h4-7,9H,3,8H2,1-2H3. The lowest BCUT2D eigenvalue weighted by Gasteiger charge is -1.98. The molecule has 0 fully saturated rings. The van der Waals surface area contributed by atoms with Crippen molar-refractivity contribution in [3.05, 3.63) is 36.0 Å². The van der Waals surface area contributed by atoms with Gasteiger partial charge in [0.05, 0.1) is 0 Å². The van der Waals surface area contributed by atoms with Crippen LogP contribution in [0, 0.1) is 0 Å². The lowest BCUT2D eigenvalue weighted by molar-refractivity contribution is -0.116. The molecule has 0 saturated heterocycles. The number of hydrogen-bond donors (Lipinski definition) is 0. The topological polar surface area (TPSA) is 22.0 Å². The highest BCUT2D eigenvalue weighted by Crippen LogP contribution is 2.21. The van der Waals surface area contributed by atoms with Gasteiger partial charge in [-0.2, -0.15) is 0 Å². The molecule has 0 spiro atoms. The number of para-hydroxylation sites is 1. The highest BCUT2D eigenvalue weighted by Gasteiger charge is 2.08. The first kappa shape index (κ1) is 9.97. The first-order valence-electron chi connectivity index (χ1n) is 5.28. The molecule has 1 aromatic carbocycles. The molecule has 0 aliphatic rings. The molecule has 0 N–H and O–H groups in total. The minimum absolute atomic E-state index is 0.217. The molecule has 0 unspecified atom stereocenters. The van der Waals surface area contributed by atoms with Crippen LogP contribution in [0.15, 0.2) is 30.5 Å². The number of benzene rings is 1. The third kappa shape index (κ3) is 1.80. The van der Waals surface area contributed by atoms with Crippen LogP contribution < -0.4 is 0 Å². The molecular weight excluding hydrogens is 186 g/mol. The first-order chi connectivity index (χ1) is 7.22. The van der Waals surface area contributed by atoms with Crippen molar-refractivity contribution in [1.82, 2.24) is 4.57 Å². The number of rotatable bonds is 3. The van der Waals surface area contributed by atoms with Gasteiger partial charge < -0.3 is 4.57 Å². The minimum atomic E-state index is 0.217. The molecule has 0 radical (unpaired) electrons. The fourth-order valence-electron chi connectivity index (χ4n) is 1.99. The SMILES string of the molecule is CCn1cc(CC(C)=O)c2ccccc21. The van der Waals surface area contributed by atoms with Crippen molar-refractivity contribution in [3.8, 4) is 0 Å². The van der Waals surface area contributed by atoms with Gasteiger partial charge in [0, 0.05) is 30.1 Å². The molecule has 0 aliphatic carbocycles. The average Bonchev–Trinajstić information content (AvgIpc) is 2.56. The number of aromatic nitrogens is 1. The van der Waals surface area contributed by atoms with E-state index in [2.05, 4.69) is 29.8 Å². The minimum Gasteiger partial charge on any atom is -0.347 e. The number of carbonyl (C=O) groups is 1. The summed E-state index contributed by atoms with van der Waals surface area (Å²) in [6, 6.07) is 8.24. The van der Waals surface area contributed by atoms with E-state index in [4.69, 9.17) is 0 Å². The van der Waals surface area contributed by atoms with Crippen molar-refractivity contribution in [1.29, 1.82) is 0 Å². The maximum atomic E-state index is 11.1. The second-order valence-electron chi connectivity index (χ2n) is 3.84. The summed E-state index contributed by atoms with van der Waals surface area (Å²) < 4.78 is 2.19. The van der Waals surface area contributed by atoms with Gasteiger partial charge in [0.2, 0.25) is 0 Å². The first-order valence-corrected chi connectivity index (χ1v) is 5.28. The van der Waals surface area contributed by atoms with E-state index in [-0.39, 0.29) is 5.78 Å². The van der Waals surface area contributed by atoms with E-state index in [1.54, 1.807) is 6.92 Å². The zero-order valence-electron chi connectivity index (χ0n) is 9.16. The fourth-order valence-corrected chi connectivity index (χ4v) is 1.99. The van der Waals surface area contributed by atoms with Gasteiger partial charge in [-0.15, -0.1) is 0 Å². The summed E-state index contributed by atoms with van der Waals surface area (Å²) in [5.74, 6) is 0.217. The molecule has 0 aliphatic heterocycles. The van der Waals surface area contributed by atoms with Crippen LogP contribution in [0.1, 0.15) is 19.4 Å². The van der Waals surface area contributed by atoms with Gasteiger partial charge in [0.1, 0.15) is 5.78 Å². The van der Waals surface area contributed by atoms with Crippen LogP contribution in [0.5, 0.6) is 0 Å². The van der Waals surface area contributed by atoms with Crippen LogP contribution in [-0.2, 0) is 17.8 Å². The van der Waals surface area contributed by atoms with Crippen molar-refractivity contribution in [2.24, 2.45) is 0 Å². The molecule has 1 heterocycles. The van der Waals surface area contributed by atoms with E-state index >= 15 is 0 Å². The van der Waals surface area contributed by atoms with E-state index in [0.717, 1.165) is 12.1 Å². The Labute approximate surface area is 89.5 Å². The van der Waals surface area contributed by atoms with Gasteiger partial charge >= 0.3 is 0 Å².